The van der Waals surface area contributed by atoms with Gasteiger partial charge in [0.1, 0.15) is 11.4 Å². The number of ether oxygens (including phenoxy) is 1. The SMILES string of the molecule is [2H]CC(C)(C)[C@@]1(C(=O)O)[C@H](c2ccc3ccccc3c2)N1c1ccccc1OC(C)(C)C. The van der Waals surface area contributed by atoms with Gasteiger partial charge >= 0.3 is 5.97 Å². The molecule has 1 saturated heterocycles. The van der Waals surface area contributed by atoms with Crippen LogP contribution >= 0.6 is 0 Å². The predicted octanol–water partition coefficient (Wildman–Crippen LogP) is 6.45. The largest absolute Gasteiger partial charge is 0.486 e. The van der Waals surface area contributed by atoms with Crippen LogP contribution in [0.3, 0.4) is 0 Å². The lowest BCUT2D eigenvalue weighted by Gasteiger charge is -2.29. The van der Waals surface area contributed by atoms with E-state index in [9.17, 15) is 9.90 Å². The first kappa shape index (κ1) is 19.9. The molecule has 1 N–H and O–H groups in total. The zero-order valence-electron chi connectivity index (χ0n) is 19.8. The van der Waals surface area contributed by atoms with Gasteiger partial charge in [-0.05, 0) is 60.7 Å². The van der Waals surface area contributed by atoms with Crippen LogP contribution in [0.15, 0.2) is 66.7 Å². The molecule has 0 aliphatic carbocycles. The highest BCUT2D eigenvalue weighted by atomic mass is 16.5. The highest BCUT2D eigenvalue weighted by molar-refractivity contribution is 5.96. The van der Waals surface area contributed by atoms with E-state index in [-0.39, 0.29) is 6.90 Å². The number of rotatable bonds is 4. The highest BCUT2D eigenvalue weighted by Gasteiger charge is 2.75. The molecular weight excluding hydrogens is 386 g/mol. The summed E-state index contributed by atoms with van der Waals surface area (Å²) < 4.78 is 14.4. The summed E-state index contributed by atoms with van der Waals surface area (Å²) in [6.45, 7) is 9.66. The first-order valence-electron chi connectivity index (χ1n) is 11.3. The molecule has 0 spiro atoms. The molecular formula is C27H31NO3. The van der Waals surface area contributed by atoms with Gasteiger partial charge in [0.25, 0.3) is 0 Å². The molecule has 0 aromatic heterocycles. The number of carbonyl (C=O) groups is 1. The highest BCUT2D eigenvalue weighted by Crippen LogP contribution is 2.65. The number of hydrogen-bond acceptors (Lipinski definition) is 3. The third-order valence-electron chi connectivity index (χ3n) is 5.95. The van der Waals surface area contributed by atoms with Crippen LogP contribution in [0.1, 0.15) is 54.5 Å². The normalized spacial score (nSPS) is 21.6. The van der Waals surface area contributed by atoms with Crippen molar-refractivity contribution in [2.45, 2.75) is 58.7 Å². The van der Waals surface area contributed by atoms with E-state index in [0.717, 1.165) is 22.0 Å². The summed E-state index contributed by atoms with van der Waals surface area (Å²) in [6, 6.07) is 21.4. The van der Waals surface area contributed by atoms with E-state index in [4.69, 9.17) is 6.11 Å². The number of fused-ring (bicyclic) bond motifs is 1. The second-order valence-electron chi connectivity index (χ2n) is 10.0. The van der Waals surface area contributed by atoms with Crippen molar-refractivity contribution in [2.24, 2.45) is 5.41 Å². The van der Waals surface area contributed by atoms with Crippen molar-refractivity contribution in [1.82, 2.24) is 0 Å². The molecule has 1 aliphatic rings. The Morgan fingerprint density at radius 1 is 1.00 bits per heavy atom. The van der Waals surface area contributed by atoms with Crippen LogP contribution in [-0.2, 0) is 4.79 Å². The minimum atomic E-state index is -1.26. The van der Waals surface area contributed by atoms with Crippen LogP contribution in [0.4, 0.5) is 5.69 Å². The average molecular weight is 419 g/mol. The Morgan fingerprint density at radius 2 is 1.65 bits per heavy atom. The van der Waals surface area contributed by atoms with Crippen molar-refractivity contribution in [1.29, 1.82) is 0 Å². The molecule has 1 aliphatic heterocycles. The van der Waals surface area contributed by atoms with E-state index in [1.165, 1.54) is 0 Å². The topological polar surface area (TPSA) is 49.5 Å². The monoisotopic (exact) mass is 418 g/mol. The van der Waals surface area contributed by atoms with Crippen molar-refractivity contribution < 1.29 is 16.0 Å². The van der Waals surface area contributed by atoms with Gasteiger partial charge in [-0.1, -0.05) is 69.3 Å². The van der Waals surface area contributed by atoms with Crippen molar-refractivity contribution in [3.05, 3.63) is 72.3 Å². The molecule has 31 heavy (non-hydrogen) atoms. The summed E-state index contributed by atoms with van der Waals surface area (Å²) in [5.74, 6) is -0.270. The molecule has 0 amide bonds. The van der Waals surface area contributed by atoms with Gasteiger partial charge < -0.3 is 14.7 Å². The summed E-state index contributed by atoms with van der Waals surface area (Å²) in [5.41, 5.74) is -0.817. The molecule has 3 aromatic rings. The molecule has 0 unspecified atom stereocenters. The smallest absolute Gasteiger partial charge is 0.332 e. The average Bonchev–Trinajstić information content (AvgIpc) is 3.45. The maximum atomic E-state index is 13.0. The van der Waals surface area contributed by atoms with E-state index in [1.54, 1.807) is 0 Å². The number of hydrogen-bond donors (Lipinski definition) is 1. The number of aliphatic carboxylic acids is 1. The van der Waals surface area contributed by atoms with Crippen LogP contribution in [0, 0.1) is 5.41 Å². The number of anilines is 1. The molecule has 4 heteroatoms. The van der Waals surface area contributed by atoms with Crippen LogP contribution in [0.25, 0.3) is 10.8 Å². The number of nitrogens with zero attached hydrogens (tertiary/aromatic N) is 1. The second-order valence-corrected chi connectivity index (χ2v) is 10.0. The minimum Gasteiger partial charge on any atom is -0.486 e. The van der Waals surface area contributed by atoms with Crippen molar-refractivity contribution in [3.63, 3.8) is 0 Å². The number of carboxylic acids is 1. The molecule has 1 heterocycles. The lowest BCUT2D eigenvalue weighted by atomic mass is 9.76. The molecule has 0 radical (unpaired) electrons. The van der Waals surface area contributed by atoms with Gasteiger partial charge in [-0.3, -0.25) is 0 Å². The third-order valence-corrected chi connectivity index (χ3v) is 5.95. The molecule has 2 atom stereocenters. The predicted molar refractivity (Wildman–Crippen MR) is 126 cm³/mol. The maximum Gasteiger partial charge on any atom is 0.332 e. The Morgan fingerprint density at radius 3 is 2.29 bits per heavy atom. The first-order chi connectivity index (χ1) is 15.0. The molecule has 4 nitrogen and oxygen atoms in total. The Labute approximate surface area is 185 Å². The Bertz CT molecular complexity index is 1170. The number of carboxylic acid groups (broad SMARTS) is 1. The molecule has 0 bridgehead atoms. The summed E-state index contributed by atoms with van der Waals surface area (Å²) in [4.78, 5) is 14.9. The van der Waals surface area contributed by atoms with E-state index >= 15 is 0 Å². The van der Waals surface area contributed by atoms with Gasteiger partial charge in [0.15, 0.2) is 5.54 Å². The van der Waals surface area contributed by atoms with Crippen LogP contribution < -0.4 is 9.64 Å². The molecule has 162 valence electrons. The summed E-state index contributed by atoms with van der Waals surface area (Å²) in [6.07, 6.45) is 0. The van der Waals surface area contributed by atoms with E-state index in [2.05, 4.69) is 12.1 Å². The van der Waals surface area contributed by atoms with E-state index < -0.39 is 28.6 Å². The zero-order chi connectivity index (χ0) is 23.3. The van der Waals surface area contributed by atoms with Crippen molar-refractivity contribution in [3.8, 4) is 5.75 Å². The Hall–Kier alpha value is -3.01. The van der Waals surface area contributed by atoms with E-state index in [0.29, 0.717) is 5.75 Å². The van der Waals surface area contributed by atoms with Crippen LogP contribution in [0.2, 0.25) is 0 Å². The lowest BCUT2D eigenvalue weighted by Crippen LogP contribution is -2.42. The van der Waals surface area contributed by atoms with E-state index in [1.807, 2.05) is 94.1 Å². The van der Waals surface area contributed by atoms with Crippen molar-refractivity contribution in [2.75, 3.05) is 4.90 Å². The molecule has 3 aromatic carbocycles. The molecule has 0 saturated carbocycles. The van der Waals surface area contributed by atoms with Gasteiger partial charge in [-0.25, -0.2) is 4.79 Å². The van der Waals surface area contributed by atoms with Crippen LogP contribution in [0.5, 0.6) is 5.75 Å². The summed E-state index contributed by atoms with van der Waals surface area (Å²) in [7, 11) is 0. The fourth-order valence-corrected chi connectivity index (χ4v) is 4.67. The fraction of sp³-hybridized carbons (Fsp3) is 0.370. The third kappa shape index (κ3) is 3.44. The lowest BCUT2D eigenvalue weighted by molar-refractivity contribution is -0.142. The number of para-hydroxylation sites is 2. The van der Waals surface area contributed by atoms with Gasteiger partial charge in [0, 0.05) is 1.37 Å². The maximum absolute atomic E-state index is 13.0. The Kier molecular flexibility index (Phi) is 4.51. The van der Waals surface area contributed by atoms with Gasteiger partial charge in [0.2, 0.25) is 0 Å². The second kappa shape index (κ2) is 7.01. The van der Waals surface area contributed by atoms with Crippen molar-refractivity contribution >= 4 is 22.4 Å². The molecule has 4 rings (SSSR count). The minimum absolute atomic E-state index is 0.0117. The summed E-state index contributed by atoms with van der Waals surface area (Å²) in [5, 5.41) is 12.8. The molecule has 1 fully saturated rings. The quantitative estimate of drug-likeness (QED) is 0.495. The first-order valence-corrected chi connectivity index (χ1v) is 10.6. The van der Waals surface area contributed by atoms with Gasteiger partial charge in [-0.2, -0.15) is 0 Å². The number of benzene rings is 3. The van der Waals surface area contributed by atoms with Gasteiger partial charge in [0.05, 0.1) is 11.7 Å². The Balaban J connectivity index is 1.92. The zero-order valence-corrected chi connectivity index (χ0v) is 18.8. The summed E-state index contributed by atoms with van der Waals surface area (Å²) >= 11 is 0. The van der Waals surface area contributed by atoms with Gasteiger partial charge in [-0.15, -0.1) is 0 Å². The van der Waals surface area contributed by atoms with Crippen LogP contribution in [-0.4, -0.2) is 22.2 Å². The fourth-order valence-electron chi connectivity index (χ4n) is 4.67. The standard InChI is InChI=1S/C27H31NO3/c1-25(2,3)27(24(29)30)23(20-16-15-18-11-7-8-12-19(18)17-20)28(27)21-13-9-10-14-22(21)31-26(4,5)6/h7-17,23H,1-6H3,(H,29,30)/t23-,27-,28?/m0/s1/i1D.